The zero-order valence-corrected chi connectivity index (χ0v) is 13.4. The average Bonchev–Trinajstić information content (AvgIpc) is 2.52. The molecular weight excluding hydrogens is 335 g/mol. The van der Waals surface area contributed by atoms with E-state index in [1.165, 1.54) is 31.2 Å². The molecule has 0 saturated heterocycles. The lowest BCUT2D eigenvalue weighted by atomic mass is 10.2. The molecule has 0 unspecified atom stereocenters. The van der Waals surface area contributed by atoms with Crippen LogP contribution >= 0.6 is 0 Å². The van der Waals surface area contributed by atoms with Gasteiger partial charge in [0.25, 0.3) is 10.0 Å². The van der Waals surface area contributed by atoms with Crippen molar-refractivity contribution in [3.63, 3.8) is 0 Å². The number of carbonyl (C=O) groups is 1. The molecular formula is C16H13FN2O4S. The first-order valence-corrected chi connectivity index (χ1v) is 8.25. The summed E-state index contributed by atoms with van der Waals surface area (Å²) in [5, 5.41) is 8.45. The zero-order valence-electron chi connectivity index (χ0n) is 12.6. The summed E-state index contributed by atoms with van der Waals surface area (Å²) in [5.74, 6) is -1.38. The number of hydrogen-bond acceptors (Lipinski definition) is 5. The summed E-state index contributed by atoms with van der Waals surface area (Å²) in [6.07, 6.45) is 0. The molecule has 0 heterocycles. The molecule has 0 aromatic heterocycles. The Hall–Kier alpha value is -2.92. The van der Waals surface area contributed by atoms with Crippen LogP contribution in [-0.4, -0.2) is 21.0 Å². The summed E-state index contributed by atoms with van der Waals surface area (Å²) in [5.41, 5.74) is 0.201. The first-order valence-electron chi connectivity index (χ1n) is 6.77. The predicted octanol–water partition coefficient (Wildman–Crippen LogP) is 2.62. The number of nitrogens with one attached hydrogen (secondary N) is 1. The fourth-order valence-corrected chi connectivity index (χ4v) is 3.35. The van der Waals surface area contributed by atoms with Crippen LogP contribution in [0, 0.1) is 24.1 Å². The number of para-hydroxylation sites is 1. The molecule has 0 radical (unpaired) electrons. The minimum Gasteiger partial charge on any atom is -0.447 e. The van der Waals surface area contributed by atoms with E-state index in [0.717, 1.165) is 18.2 Å². The average molecular weight is 348 g/mol. The molecule has 1 N–H and O–H groups in total. The number of hydrogen-bond donors (Lipinski definition) is 1. The fraction of sp³-hybridized carbons (Fsp3) is 0.125. The third-order valence-electron chi connectivity index (χ3n) is 3.09. The first-order chi connectivity index (χ1) is 11.3. The Kier molecular flexibility index (Phi) is 5.16. The van der Waals surface area contributed by atoms with E-state index in [4.69, 9.17) is 10.00 Å². The highest BCUT2D eigenvalue weighted by molar-refractivity contribution is 7.92. The Morgan fingerprint density at radius 3 is 2.67 bits per heavy atom. The number of esters is 1. The van der Waals surface area contributed by atoms with Crippen LogP contribution in [0.25, 0.3) is 0 Å². The van der Waals surface area contributed by atoms with Gasteiger partial charge >= 0.3 is 5.97 Å². The molecule has 0 amide bonds. The van der Waals surface area contributed by atoms with Crippen LogP contribution in [0.2, 0.25) is 0 Å². The lowest BCUT2D eigenvalue weighted by Gasteiger charge is -2.13. The zero-order chi connectivity index (χ0) is 17.7. The van der Waals surface area contributed by atoms with Crippen LogP contribution in [0.4, 0.5) is 10.1 Å². The van der Waals surface area contributed by atoms with Gasteiger partial charge < -0.3 is 4.74 Å². The van der Waals surface area contributed by atoms with Gasteiger partial charge in [0.2, 0.25) is 0 Å². The van der Waals surface area contributed by atoms with Crippen molar-refractivity contribution in [1.29, 1.82) is 5.26 Å². The second-order valence-electron chi connectivity index (χ2n) is 4.80. The highest BCUT2D eigenvalue weighted by Gasteiger charge is 2.21. The molecule has 0 fully saturated rings. The molecule has 24 heavy (non-hydrogen) atoms. The molecule has 124 valence electrons. The van der Waals surface area contributed by atoms with Gasteiger partial charge in [0.1, 0.15) is 11.9 Å². The SMILES string of the molecule is Cc1cc(F)ccc1S(=O)(=O)Nc1ccccc1C(=O)OCC#N. The minimum absolute atomic E-state index is 0.00386. The maximum atomic E-state index is 13.1. The smallest absolute Gasteiger partial charge is 0.341 e. The van der Waals surface area contributed by atoms with Crippen molar-refractivity contribution in [3.8, 4) is 6.07 Å². The number of sulfonamides is 1. The Labute approximate surface area is 138 Å². The Bertz CT molecular complexity index is 920. The molecule has 0 saturated carbocycles. The summed E-state index contributed by atoms with van der Waals surface area (Å²) >= 11 is 0. The van der Waals surface area contributed by atoms with Gasteiger partial charge in [0, 0.05) is 0 Å². The molecule has 0 aliphatic heterocycles. The van der Waals surface area contributed by atoms with Gasteiger partial charge in [-0.15, -0.1) is 0 Å². The largest absolute Gasteiger partial charge is 0.447 e. The van der Waals surface area contributed by atoms with Crippen LogP contribution in [0.5, 0.6) is 0 Å². The normalized spacial score (nSPS) is 10.7. The molecule has 2 aromatic rings. The van der Waals surface area contributed by atoms with Crippen LogP contribution < -0.4 is 4.72 Å². The standard InChI is InChI=1S/C16H13FN2O4S/c1-11-10-12(17)6-7-15(11)24(21,22)19-14-5-3-2-4-13(14)16(20)23-9-8-18/h2-7,10,19H,9H2,1H3. The van der Waals surface area contributed by atoms with Gasteiger partial charge in [-0.3, -0.25) is 4.72 Å². The van der Waals surface area contributed by atoms with Crippen LogP contribution in [0.3, 0.4) is 0 Å². The summed E-state index contributed by atoms with van der Waals surface area (Å²) in [6, 6.07) is 10.8. The summed E-state index contributed by atoms with van der Waals surface area (Å²) < 4.78 is 45.1. The third kappa shape index (κ3) is 3.88. The predicted molar refractivity (Wildman–Crippen MR) is 84.3 cm³/mol. The molecule has 0 aliphatic rings. The Morgan fingerprint density at radius 1 is 1.29 bits per heavy atom. The molecule has 2 rings (SSSR count). The van der Waals surface area contributed by atoms with E-state index in [2.05, 4.69) is 4.72 Å². The Balaban J connectivity index is 2.37. The number of rotatable bonds is 5. The van der Waals surface area contributed by atoms with Crippen molar-refractivity contribution in [1.82, 2.24) is 0 Å². The topological polar surface area (TPSA) is 96.3 Å². The maximum Gasteiger partial charge on any atom is 0.341 e. The van der Waals surface area contributed by atoms with Gasteiger partial charge in [-0.1, -0.05) is 12.1 Å². The van der Waals surface area contributed by atoms with E-state index in [1.807, 2.05) is 0 Å². The fourth-order valence-electron chi connectivity index (χ4n) is 2.04. The second-order valence-corrected chi connectivity index (χ2v) is 6.45. The van der Waals surface area contributed by atoms with Crippen molar-refractivity contribution in [2.45, 2.75) is 11.8 Å². The lowest BCUT2D eigenvalue weighted by Crippen LogP contribution is -2.17. The van der Waals surface area contributed by atoms with Crippen LogP contribution in [0.15, 0.2) is 47.4 Å². The number of halogens is 1. The van der Waals surface area contributed by atoms with Crippen LogP contribution in [0.1, 0.15) is 15.9 Å². The van der Waals surface area contributed by atoms with Crippen molar-refractivity contribution in [2.24, 2.45) is 0 Å². The summed E-state index contributed by atoms with van der Waals surface area (Å²) in [7, 11) is -4.03. The van der Waals surface area contributed by atoms with E-state index >= 15 is 0 Å². The number of aryl methyl sites for hydroxylation is 1. The van der Waals surface area contributed by atoms with Crippen molar-refractivity contribution >= 4 is 21.7 Å². The quantitative estimate of drug-likeness (QED) is 0.838. The minimum atomic E-state index is -4.03. The van der Waals surface area contributed by atoms with E-state index in [0.29, 0.717) is 0 Å². The monoisotopic (exact) mass is 348 g/mol. The third-order valence-corrected chi connectivity index (χ3v) is 4.61. The number of carbonyl (C=O) groups excluding carboxylic acids is 1. The van der Waals surface area contributed by atoms with Gasteiger partial charge in [0.05, 0.1) is 16.1 Å². The van der Waals surface area contributed by atoms with E-state index < -0.39 is 28.4 Å². The molecule has 0 bridgehead atoms. The number of nitrogens with zero attached hydrogens (tertiary/aromatic N) is 1. The highest BCUT2D eigenvalue weighted by atomic mass is 32.2. The van der Waals surface area contributed by atoms with Crippen molar-refractivity contribution in [3.05, 3.63) is 59.4 Å². The molecule has 0 aliphatic carbocycles. The molecule has 2 aromatic carbocycles. The van der Waals surface area contributed by atoms with E-state index in [-0.39, 0.29) is 21.7 Å². The number of anilines is 1. The molecule has 0 atom stereocenters. The number of benzene rings is 2. The number of ether oxygens (including phenoxy) is 1. The molecule has 6 nitrogen and oxygen atoms in total. The molecule has 8 heteroatoms. The lowest BCUT2D eigenvalue weighted by molar-refractivity contribution is 0.0556. The van der Waals surface area contributed by atoms with Crippen molar-refractivity contribution in [2.75, 3.05) is 11.3 Å². The van der Waals surface area contributed by atoms with Gasteiger partial charge in [0.15, 0.2) is 6.61 Å². The van der Waals surface area contributed by atoms with Crippen LogP contribution in [-0.2, 0) is 14.8 Å². The van der Waals surface area contributed by atoms with Gasteiger partial charge in [-0.2, -0.15) is 5.26 Å². The summed E-state index contributed by atoms with van der Waals surface area (Å²) in [4.78, 5) is 11.8. The van der Waals surface area contributed by atoms with E-state index in [1.54, 1.807) is 6.07 Å². The second kappa shape index (κ2) is 7.10. The van der Waals surface area contributed by atoms with Crippen molar-refractivity contribution < 1.29 is 22.3 Å². The number of nitriles is 1. The Morgan fingerprint density at radius 2 is 2.00 bits per heavy atom. The maximum absolute atomic E-state index is 13.1. The first kappa shape index (κ1) is 17.4. The summed E-state index contributed by atoms with van der Waals surface area (Å²) in [6.45, 7) is 1.02. The highest BCUT2D eigenvalue weighted by Crippen LogP contribution is 2.23. The van der Waals surface area contributed by atoms with E-state index in [9.17, 15) is 17.6 Å². The molecule has 0 spiro atoms. The van der Waals surface area contributed by atoms with Gasteiger partial charge in [-0.05, 0) is 42.8 Å². The van der Waals surface area contributed by atoms with Gasteiger partial charge in [-0.25, -0.2) is 17.6 Å².